The van der Waals surface area contributed by atoms with Crippen LogP contribution >= 0.6 is 0 Å². The minimum atomic E-state index is -2.97. The monoisotopic (exact) mass is 732 g/mol. The number of aliphatic hydroxyl groups is 2. The average Bonchev–Trinajstić information content (AvgIpc) is 2.89. The summed E-state index contributed by atoms with van der Waals surface area (Å²) in [6.45, 7) is 2.26. The van der Waals surface area contributed by atoms with E-state index in [9.17, 15) is 48.9 Å². The smallest absolute Gasteiger partial charge is 0.550 e. The summed E-state index contributed by atoms with van der Waals surface area (Å²) in [5, 5.41) is 81.2. The molecule has 0 saturated carbocycles. The second-order valence-electron chi connectivity index (χ2n) is 10.6. The van der Waals surface area contributed by atoms with E-state index in [4.69, 9.17) is 30.6 Å². The maximum absolute atomic E-state index is 10.3. The van der Waals surface area contributed by atoms with Crippen molar-refractivity contribution in [3.63, 3.8) is 0 Å². The van der Waals surface area contributed by atoms with E-state index in [1.807, 2.05) is 0 Å². The summed E-state index contributed by atoms with van der Waals surface area (Å²) in [4.78, 5) is 70.8. The molecule has 0 aromatic heterocycles. The summed E-state index contributed by atoms with van der Waals surface area (Å²) in [7, 11) is 0. The molecule has 0 aliphatic carbocycles. The van der Waals surface area contributed by atoms with Crippen LogP contribution in [0.5, 0.6) is 0 Å². The quantitative estimate of drug-likeness (QED) is 0.0288. The van der Waals surface area contributed by atoms with Gasteiger partial charge in [0.25, 0.3) is 0 Å². The molecule has 49 heavy (non-hydrogen) atoms. The van der Waals surface area contributed by atoms with Gasteiger partial charge in [0.05, 0.1) is 18.8 Å². The van der Waals surface area contributed by atoms with Gasteiger partial charge >= 0.3 is 113 Å². The van der Waals surface area contributed by atoms with E-state index in [2.05, 4.69) is 19.1 Å². The van der Waals surface area contributed by atoms with Crippen LogP contribution in [0.3, 0.4) is 0 Å². The van der Waals surface area contributed by atoms with Crippen LogP contribution in [0.2, 0.25) is 0 Å². The van der Waals surface area contributed by atoms with Gasteiger partial charge in [-0.25, -0.2) is 4.79 Å². The molecular weight excluding hydrogens is 685 g/mol. The standard InChI is InChI=1S/C18H34O2.2C6H8O7.3Na/c1-2-3-4-5-6-7-8-9-10-11-12-13-14-15-16-17-18(19)20;2*7-3(8)1-6(13,5(11)12)2-4(9)10;;;/h9-10H,2-8,11-17H2,1H3,(H,19,20);2*13H,1-2H2,(H,7,8)(H,9,10)(H,11,12);;;/q;;;3*+1/p-3/b10-9-;;;;;. The number of unbranched alkanes of at least 4 members (excludes halogenated alkanes) is 11. The maximum Gasteiger partial charge on any atom is 1.00 e. The molecule has 0 rings (SSSR count). The summed E-state index contributed by atoms with van der Waals surface area (Å²) in [5.74, 6) is -11.7. The Morgan fingerprint density at radius 2 is 0.857 bits per heavy atom. The number of rotatable bonds is 25. The molecule has 0 spiro atoms. The zero-order valence-corrected chi connectivity index (χ0v) is 35.1. The minimum absolute atomic E-state index is 0. The predicted octanol–water partition coefficient (Wildman–Crippen LogP) is -9.38. The summed E-state index contributed by atoms with van der Waals surface area (Å²) in [6.07, 6.45) is 16.2. The van der Waals surface area contributed by atoms with Crippen LogP contribution in [0.1, 0.15) is 122 Å². The second-order valence-corrected chi connectivity index (χ2v) is 10.6. The summed E-state index contributed by atoms with van der Waals surface area (Å²) >= 11 is 0. The molecule has 0 amide bonds. The summed E-state index contributed by atoms with van der Waals surface area (Å²) < 4.78 is 0. The Labute approximate surface area is 352 Å². The van der Waals surface area contributed by atoms with E-state index < -0.39 is 78.7 Å². The van der Waals surface area contributed by atoms with Crippen molar-refractivity contribution < 1.29 is 168 Å². The molecule has 0 fully saturated rings. The molecule has 0 aliphatic heterocycles. The average molecular weight is 733 g/mol. The van der Waals surface area contributed by atoms with E-state index in [1.54, 1.807) is 0 Å². The van der Waals surface area contributed by atoms with Gasteiger partial charge in [-0.3, -0.25) is 14.4 Å². The van der Waals surface area contributed by atoms with Gasteiger partial charge in [-0.2, -0.15) is 0 Å². The molecule has 0 bridgehead atoms. The summed E-state index contributed by atoms with van der Waals surface area (Å²) in [5.41, 5.74) is -5.71. The molecule has 6 N–H and O–H groups in total. The number of carbonyl (C=O) groups is 7. The Balaban J connectivity index is -0.000000142. The molecule has 0 atom stereocenters. The number of allylic oxidation sites excluding steroid dienone is 2. The SMILES string of the molecule is CCCCCCCC/C=C\CCCCCCCC(=O)O.O=C(O)CC(O)(CC(=O)O)C(=O)O.O=C([O-])CC(O)(CC(=O)[O-])C(=O)[O-].[Na+].[Na+].[Na+]. The van der Waals surface area contributed by atoms with Crippen LogP contribution in [0.25, 0.3) is 0 Å². The third kappa shape index (κ3) is 41.3. The third-order valence-electron chi connectivity index (χ3n) is 6.19. The van der Waals surface area contributed by atoms with Gasteiger partial charge in [-0.05, 0) is 32.1 Å². The van der Waals surface area contributed by atoms with Crippen LogP contribution in [-0.4, -0.2) is 83.6 Å². The Kier molecular flexibility index (Phi) is 45.0. The topological polar surface area (TPSA) is 310 Å². The van der Waals surface area contributed by atoms with Gasteiger partial charge in [0, 0.05) is 31.2 Å². The first-order valence-corrected chi connectivity index (χ1v) is 14.9. The minimum Gasteiger partial charge on any atom is -0.550 e. The Morgan fingerprint density at radius 3 is 1.14 bits per heavy atom. The van der Waals surface area contributed by atoms with Crippen molar-refractivity contribution in [3.05, 3.63) is 12.2 Å². The fourth-order valence-electron chi connectivity index (χ4n) is 3.75. The fraction of sp³-hybridized carbons (Fsp3) is 0.700. The molecule has 0 aromatic rings. The van der Waals surface area contributed by atoms with Crippen molar-refractivity contribution in [2.75, 3.05) is 0 Å². The second kappa shape index (κ2) is 36.7. The normalized spacial score (nSPS) is 10.3. The number of carboxylic acid groups (broad SMARTS) is 7. The summed E-state index contributed by atoms with van der Waals surface area (Å²) in [6, 6.07) is 0. The van der Waals surface area contributed by atoms with Crippen LogP contribution in [0, 0.1) is 0 Å². The molecule has 0 radical (unpaired) electrons. The number of hydrogen-bond donors (Lipinski definition) is 6. The first kappa shape index (κ1) is 60.1. The molecule has 19 heteroatoms. The first-order chi connectivity index (χ1) is 21.3. The Bertz CT molecular complexity index is 904. The molecule has 0 unspecified atom stereocenters. The van der Waals surface area contributed by atoms with Gasteiger partial charge in [0.1, 0.15) is 5.60 Å². The maximum atomic E-state index is 10.3. The van der Waals surface area contributed by atoms with Crippen molar-refractivity contribution in [2.24, 2.45) is 0 Å². The van der Waals surface area contributed by atoms with Gasteiger partial charge in [0.15, 0.2) is 5.60 Å². The third-order valence-corrected chi connectivity index (χ3v) is 6.19. The Hall–Kier alpha value is -1.05. The van der Waals surface area contributed by atoms with E-state index >= 15 is 0 Å². The number of carbonyl (C=O) groups excluding carboxylic acids is 3. The van der Waals surface area contributed by atoms with E-state index in [0.717, 1.165) is 12.8 Å². The number of carboxylic acids is 7. The largest absolute Gasteiger partial charge is 1.00 e. The molecule has 16 nitrogen and oxygen atoms in total. The molecular formula is C30H47Na3O16. The molecule has 0 saturated heterocycles. The molecule has 266 valence electrons. The first-order valence-electron chi connectivity index (χ1n) is 14.9. The molecule has 0 aromatic carbocycles. The van der Waals surface area contributed by atoms with E-state index in [0.29, 0.717) is 6.42 Å². The zero-order valence-electron chi connectivity index (χ0n) is 29.1. The predicted molar refractivity (Wildman–Crippen MR) is 153 cm³/mol. The van der Waals surface area contributed by atoms with Gasteiger partial charge < -0.3 is 60.3 Å². The van der Waals surface area contributed by atoms with Crippen molar-refractivity contribution in [3.8, 4) is 0 Å². The Morgan fingerprint density at radius 1 is 0.510 bits per heavy atom. The van der Waals surface area contributed by atoms with Crippen molar-refractivity contribution >= 4 is 41.8 Å². The van der Waals surface area contributed by atoms with E-state index in [-0.39, 0.29) is 88.7 Å². The van der Waals surface area contributed by atoms with Crippen LogP contribution < -0.4 is 104 Å². The van der Waals surface area contributed by atoms with E-state index in [1.165, 1.54) is 70.6 Å². The van der Waals surface area contributed by atoms with Gasteiger partial charge in [-0.15, -0.1) is 0 Å². The molecule has 0 heterocycles. The van der Waals surface area contributed by atoms with Crippen molar-refractivity contribution in [1.82, 2.24) is 0 Å². The molecule has 0 aliphatic rings. The number of hydrogen-bond acceptors (Lipinski definition) is 12. The fourth-order valence-corrected chi connectivity index (χ4v) is 3.75. The van der Waals surface area contributed by atoms with Crippen LogP contribution in [0.4, 0.5) is 0 Å². The van der Waals surface area contributed by atoms with Gasteiger partial charge in [-0.1, -0.05) is 70.4 Å². The number of aliphatic carboxylic acids is 7. The van der Waals surface area contributed by atoms with Crippen LogP contribution in [0.15, 0.2) is 12.2 Å². The van der Waals surface area contributed by atoms with Crippen molar-refractivity contribution in [2.45, 2.75) is 134 Å². The van der Waals surface area contributed by atoms with Crippen molar-refractivity contribution in [1.29, 1.82) is 0 Å². The van der Waals surface area contributed by atoms with Gasteiger partial charge in [0.2, 0.25) is 0 Å². The zero-order chi connectivity index (χ0) is 36.2. The van der Waals surface area contributed by atoms with Crippen LogP contribution in [-0.2, 0) is 33.6 Å².